The third-order valence-electron chi connectivity index (χ3n) is 4.47. The lowest BCUT2D eigenvalue weighted by atomic mass is 9.89. The number of aliphatic imine (C=N–C) groups is 1. The molecule has 5 nitrogen and oxygen atoms in total. The van der Waals surface area contributed by atoms with E-state index in [4.69, 9.17) is 0 Å². The number of rotatable bonds is 7. The number of guanidine groups is 1. The molecule has 0 aromatic heterocycles. The summed E-state index contributed by atoms with van der Waals surface area (Å²) in [5, 5.41) is 9.56. The number of halogens is 1. The maximum atomic E-state index is 12.1. The molecule has 3 N–H and O–H groups in total. The average Bonchev–Trinajstić information content (AvgIpc) is 2.65. The fourth-order valence-corrected chi connectivity index (χ4v) is 3.07. The van der Waals surface area contributed by atoms with Crippen molar-refractivity contribution in [2.24, 2.45) is 10.9 Å². The van der Waals surface area contributed by atoms with Crippen LogP contribution in [0.2, 0.25) is 0 Å². The molecule has 0 saturated heterocycles. The van der Waals surface area contributed by atoms with Crippen LogP contribution in [0.5, 0.6) is 0 Å². The van der Waals surface area contributed by atoms with Crippen LogP contribution in [0.15, 0.2) is 35.3 Å². The van der Waals surface area contributed by atoms with Gasteiger partial charge in [-0.05, 0) is 24.8 Å². The number of nitrogens with one attached hydrogen (secondary N) is 3. The molecule has 0 radical (unpaired) electrons. The fraction of sp³-hybridized carbons (Fsp3) is 0.579. The van der Waals surface area contributed by atoms with Crippen molar-refractivity contribution < 1.29 is 4.79 Å². The molecule has 1 fully saturated rings. The molecular weight excluding hydrogens is 427 g/mol. The van der Waals surface area contributed by atoms with Gasteiger partial charge in [0.25, 0.3) is 0 Å². The van der Waals surface area contributed by atoms with Gasteiger partial charge in [0.2, 0.25) is 5.91 Å². The van der Waals surface area contributed by atoms with E-state index in [0.717, 1.165) is 31.8 Å². The van der Waals surface area contributed by atoms with Gasteiger partial charge in [-0.2, -0.15) is 0 Å². The van der Waals surface area contributed by atoms with E-state index in [2.05, 4.69) is 45.2 Å². The molecule has 6 heteroatoms. The second-order valence-electron chi connectivity index (χ2n) is 6.29. The third-order valence-corrected chi connectivity index (χ3v) is 4.47. The molecule has 25 heavy (non-hydrogen) atoms. The van der Waals surface area contributed by atoms with Crippen LogP contribution in [0.4, 0.5) is 0 Å². The topological polar surface area (TPSA) is 65.5 Å². The predicted octanol–water partition coefficient (Wildman–Crippen LogP) is 2.71. The van der Waals surface area contributed by atoms with Crippen LogP contribution in [-0.4, -0.2) is 38.5 Å². The van der Waals surface area contributed by atoms with Crippen molar-refractivity contribution in [3.05, 3.63) is 35.9 Å². The van der Waals surface area contributed by atoms with Crippen LogP contribution in [0, 0.1) is 5.92 Å². The van der Waals surface area contributed by atoms with Gasteiger partial charge in [-0.15, -0.1) is 24.0 Å². The van der Waals surface area contributed by atoms with Gasteiger partial charge in [-0.3, -0.25) is 9.79 Å². The smallest absolute Gasteiger partial charge is 0.223 e. The maximum absolute atomic E-state index is 12.1. The number of hydrogen-bond acceptors (Lipinski definition) is 2. The molecule has 0 heterocycles. The van der Waals surface area contributed by atoms with Crippen LogP contribution in [0.3, 0.4) is 0 Å². The molecule has 0 spiro atoms. The number of nitrogens with zero attached hydrogens (tertiary/aromatic N) is 1. The lowest BCUT2D eigenvalue weighted by Gasteiger charge is -2.21. The van der Waals surface area contributed by atoms with E-state index in [1.807, 2.05) is 6.07 Å². The van der Waals surface area contributed by atoms with E-state index in [1.54, 1.807) is 7.05 Å². The zero-order chi connectivity index (χ0) is 17.0. The Labute approximate surface area is 168 Å². The van der Waals surface area contributed by atoms with Crippen molar-refractivity contribution >= 4 is 35.8 Å². The molecular formula is C19H31IN4O. The van der Waals surface area contributed by atoms with Crippen LogP contribution in [0.25, 0.3) is 0 Å². The van der Waals surface area contributed by atoms with Crippen molar-refractivity contribution in [3.63, 3.8) is 0 Å². The minimum Gasteiger partial charge on any atom is -0.356 e. The molecule has 140 valence electrons. The van der Waals surface area contributed by atoms with Crippen molar-refractivity contribution in [2.45, 2.75) is 38.5 Å². The Hall–Kier alpha value is -1.31. The normalized spacial score (nSPS) is 15.2. The molecule has 1 saturated carbocycles. The van der Waals surface area contributed by atoms with Crippen LogP contribution in [-0.2, 0) is 11.2 Å². The van der Waals surface area contributed by atoms with Crippen molar-refractivity contribution in [3.8, 4) is 0 Å². The lowest BCUT2D eigenvalue weighted by Crippen LogP contribution is -2.43. The predicted molar refractivity (Wildman–Crippen MR) is 115 cm³/mol. The first-order valence-corrected chi connectivity index (χ1v) is 9.06. The summed E-state index contributed by atoms with van der Waals surface area (Å²) in [7, 11) is 1.76. The van der Waals surface area contributed by atoms with E-state index < -0.39 is 0 Å². The molecule has 1 amide bonds. The third kappa shape index (κ3) is 8.56. The number of carbonyl (C=O) groups excluding carboxylic acids is 1. The summed E-state index contributed by atoms with van der Waals surface area (Å²) in [6.07, 6.45) is 6.70. The Bertz CT molecular complexity index is 515. The van der Waals surface area contributed by atoms with Gasteiger partial charge in [-0.1, -0.05) is 49.6 Å². The molecule has 0 aliphatic heterocycles. The molecule has 2 rings (SSSR count). The second-order valence-corrected chi connectivity index (χ2v) is 6.29. The monoisotopic (exact) mass is 458 g/mol. The van der Waals surface area contributed by atoms with Gasteiger partial charge in [0.15, 0.2) is 5.96 Å². The molecule has 0 unspecified atom stereocenters. The van der Waals surface area contributed by atoms with Crippen molar-refractivity contribution in [2.75, 3.05) is 26.7 Å². The number of hydrogen-bond donors (Lipinski definition) is 3. The Morgan fingerprint density at radius 1 is 1.00 bits per heavy atom. The number of benzene rings is 1. The number of carbonyl (C=O) groups is 1. The quantitative estimate of drug-likeness (QED) is 0.255. The number of amides is 1. The molecule has 0 bridgehead atoms. The standard InChI is InChI=1S/C19H30N4O.HI/c1-20-19(22-13-12-16-8-4-2-5-9-16)23-15-14-21-18(24)17-10-6-3-7-11-17;/h2,4-5,8-9,17H,3,6-7,10-15H2,1H3,(H,21,24)(H2,20,22,23);1H. The van der Waals surface area contributed by atoms with Gasteiger partial charge in [0.05, 0.1) is 0 Å². The minimum absolute atomic E-state index is 0. The Balaban J connectivity index is 0.00000312. The first kappa shape index (κ1) is 21.7. The van der Waals surface area contributed by atoms with E-state index >= 15 is 0 Å². The van der Waals surface area contributed by atoms with Gasteiger partial charge < -0.3 is 16.0 Å². The summed E-state index contributed by atoms with van der Waals surface area (Å²) in [5.74, 6) is 1.21. The minimum atomic E-state index is 0. The summed E-state index contributed by atoms with van der Waals surface area (Å²) in [6, 6.07) is 10.4. The second kappa shape index (κ2) is 13.0. The lowest BCUT2D eigenvalue weighted by molar-refractivity contribution is -0.125. The zero-order valence-corrected chi connectivity index (χ0v) is 17.4. The summed E-state index contributed by atoms with van der Waals surface area (Å²) >= 11 is 0. The van der Waals surface area contributed by atoms with Gasteiger partial charge in [-0.25, -0.2) is 0 Å². The highest BCUT2D eigenvalue weighted by molar-refractivity contribution is 14.0. The maximum Gasteiger partial charge on any atom is 0.223 e. The van der Waals surface area contributed by atoms with Crippen LogP contribution >= 0.6 is 24.0 Å². The summed E-state index contributed by atoms with van der Waals surface area (Å²) in [6.45, 7) is 2.15. The zero-order valence-electron chi connectivity index (χ0n) is 15.1. The van der Waals surface area contributed by atoms with Crippen molar-refractivity contribution in [1.29, 1.82) is 0 Å². The summed E-state index contributed by atoms with van der Waals surface area (Å²) < 4.78 is 0. The summed E-state index contributed by atoms with van der Waals surface area (Å²) in [4.78, 5) is 16.3. The SMILES string of the molecule is CN=C(NCCNC(=O)C1CCCCC1)NCCc1ccccc1.I. The van der Waals surface area contributed by atoms with Crippen LogP contribution in [0.1, 0.15) is 37.7 Å². The Morgan fingerprint density at radius 2 is 1.64 bits per heavy atom. The molecule has 1 aliphatic carbocycles. The van der Waals surface area contributed by atoms with Gasteiger partial charge >= 0.3 is 0 Å². The van der Waals surface area contributed by atoms with Crippen LogP contribution < -0.4 is 16.0 Å². The van der Waals surface area contributed by atoms with E-state index in [0.29, 0.717) is 13.1 Å². The van der Waals surface area contributed by atoms with E-state index in [9.17, 15) is 4.79 Å². The molecule has 0 atom stereocenters. The van der Waals surface area contributed by atoms with Crippen molar-refractivity contribution in [1.82, 2.24) is 16.0 Å². The molecule has 1 aliphatic rings. The Morgan fingerprint density at radius 3 is 2.32 bits per heavy atom. The average molecular weight is 458 g/mol. The highest BCUT2D eigenvalue weighted by atomic mass is 127. The molecule has 1 aromatic rings. The largest absolute Gasteiger partial charge is 0.356 e. The Kier molecular flexibility index (Phi) is 11.3. The van der Waals surface area contributed by atoms with E-state index in [-0.39, 0.29) is 35.8 Å². The highest BCUT2D eigenvalue weighted by Crippen LogP contribution is 2.23. The molecule has 1 aromatic carbocycles. The first-order chi connectivity index (χ1) is 11.8. The summed E-state index contributed by atoms with van der Waals surface area (Å²) in [5.41, 5.74) is 1.31. The van der Waals surface area contributed by atoms with Gasteiger partial charge in [0, 0.05) is 32.6 Å². The van der Waals surface area contributed by atoms with Gasteiger partial charge in [0.1, 0.15) is 0 Å². The fourth-order valence-electron chi connectivity index (χ4n) is 3.07. The van der Waals surface area contributed by atoms with E-state index in [1.165, 1.54) is 24.8 Å². The first-order valence-electron chi connectivity index (χ1n) is 9.06. The highest BCUT2D eigenvalue weighted by Gasteiger charge is 2.20.